The van der Waals surface area contributed by atoms with E-state index in [0.717, 1.165) is 18.4 Å². The number of nitrogen functional groups attached to an aromatic ring is 1. The number of halogens is 2. The standard InChI is InChI=1S/C17H17ClFN5O/c1-17(2,25)15-22-13-11(19)6-9(8-4-3-5-24(15)14(8)13)12-10(18)7-21-16(20)23-12/h6-7,25H,3-5H2,1-2H3,(H2,20,21,23). The third-order valence-electron chi connectivity index (χ3n) is 4.45. The fourth-order valence-corrected chi connectivity index (χ4v) is 3.66. The van der Waals surface area contributed by atoms with E-state index >= 15 is 0 Å². The van der Waals surface area contributed by atoms with E-state index in [4.69, 9.17) is 17.3 Å². The second-order valence-corrected chi connectivity index (χ2v) is 7.16. The van der Waals surface area contributed by atoms with Crippen LogP contribution in [0.25, 0.3) is 22.3 Å². The lowest BCUT2D eigenvalue weighted by Gasteiger charge is -2.23. The monoisotopic (exact) mass is 361 g/mol. The number of benzene rings is 1. The molecule has 0 saturated carbocycles. The summed E-state index contributed by atoms with van der Waals surface area (Å²) in [7, 11) is 0. The zero-order valence-electron chi connectivity index (χ0n) is 13.8. The summed E-state index contributed by atoms with van der Waals surface area (Å²) in [6, 6.07) is 1.39. The van der Waals surface area contributed by atoms with Gasteiger partial charge in [-0.25, -0.2) is 19.3 Å². The van der Waals surface area contributed by atoms with Crippen LogP contribution in [-0.2, 0) is 18.6 Å². The largest absolute Gasteiger partial charge is 0.383 e. The van der Waals surface area contributed by atoms with Crippen molar-refractivity contribution in [2.75, 3.05) is 5.73 Å². The Bertz CT molecular complexity index is 1010. The molecule has 0 atom stereocenters. The van der Waals surface area contributed by atoms with Crippen LogP contribution in [-0.4, -0.2) is 24.6 Å². The van der Waals surface area contributed by atoms with E-state index in [2.05, 4.69) is 15.0 Å². The third kappa shape index (κ3) is 2.46. The molecule has 25 heavy (non-hydrogen) atoms. The van der Waals surface area contributed by atoms with Gasteiger partial charge in [0.25, 0.3) is 0 Å². The molecule has 0 bridgehead atoms. The van der Waals surface area contributed by atoms with Crippen LogP contribution in [0.3, 0.4) is 0 Å². The van der Waals surface area contributed by atoms with Crippen LogP contribution < -0.4 is 5.73 Å². The first-order chi connectivity index (χ1) is 11.8. The summed E-state index contributed by atoms with van der Waals surface area (Å²) in [5, 5.41) is 10.7. The van der Waals surface area contributed by atoms with Crippen LogP contribution in [0.5, 0.6) is 0 Å². The summed E-state index contributed by atoms with van der Waals surface area (Å²) in [4.78, 5) is 12.4. The fourth-order valence-electron chi connectivity index (χ4n) is 3.47. The smallest absolute Gasteiger partial charge is 0.220 e. The molecule has 130 valence electrons. The maximum Gasteiger partial charge on any atom is 0.220 e. The molecular weight excluding hydrogens is 345 g/mol. The Hall–Kier alpha value is -2.25. The number of imidazole rings is 1. The molecule has 3 N–H and O–H groups in total. The minimum Gasteiger partial charge on any atom is -0.383 e. The molecule has 3 heterocycles. The molecule has 0 aliphatic carbocycles. The average molecular weight is 362 g/mol. The van der Waals surface area contributed by atoms with Gasteiger partial charge in [0.05, 0.1) is 22.4 Å². The zero-order chi connectivity index (χ0) is 17.9. The van der Waals surface area contributed by atoms with Gasteiger partial charge in [-0.15, -0.1) is 0 Å². The summed E-state index contributed by atoms with van der Waals surface area (Å²) < 4.78 is 16.7. The van der Waals surface area contributed by atoms with Gasteiger partial charge in [-0.1, -0.05) is 11.6 Å². The van der Waals surface area contributed by atoms with Gasteiger partial charge >= 0.3 is 0 Å². The van der Waals surface area contributed by atoms with E-state index in [1.54, 1.807) is 13.8 Å². The molecule has 1 aromatic carbocycles. The minimum atomic E-state index is -1.17. The quantitative estimate of drug-likeness (QED) is 0.732. The number of aliphatic hydroxyl groups is 1. The van der Waals surface area contributed by atoms with E-state index < -0.39 is 11.4 Å². The fraction of sp³-hybridized carbons (Fsp3) is 0.353. The van der Waals surface area contributed by atoms with Gasteiger partial charge in [0.2, 0.25) is 5.95 Å². The van der Waals surface area contributed by atoms with E-state index in [1.165, 1.54) is 12.3 Å². The summed E-state index contributed by atoms with van der Waals surface area (Å²) in [5.74, 6) is 0.0505. The summed E-state index contributed by atoms with van der Waals surface area (Å²) in [6.07, 6.45) is 3.00. The lowest BCUT2D eigenvalue weighted by molar-refractivity contribution is 0.0649. The number of hydrogen-bond donors (Lipinski definition) is 2. The van der Waals surface area contributed by atoms with Gasteiger partial charge in [0, 0.05) is 12.1 Å². The van der Waals surface area contributed by atoms with Crippen LogP contribution in [0, 0.1) is 5.82 Å². The van der Waals surface area contributed by atoms with Gasteiger partial charge in [-0.05, 0) is 38.3 Å². The Kier molecular flexibility index (Phi) is 3.49. The molecular formula is C17H17ClFN5O. The van der Waals surface area contributed by atoms with Crippen LogP contribution in [0.2, 0.25) is 5.02 Å². The molecule has 4 rings (SSSR count). The van der Waals surface area contributed by atoms with E-state index in [0.29, 0.717) is 34.2 Å². The number of rotatable bonds is 2. The van der Waals surface area contributed by atoms with Gasteiger partial charge in [-0.2, -0.15) is 0 Å². The lowest BCUT2D eigenvalue weighted by Crippen LogP contribution is -2.23. The highest BCUT2D eigenvalue weighted by Gasteiger charge is 2.30. The number of aromatic nitrogens is 4. The Morgan fingerprint density at radius 3 is 2.84 bits per heavy atom. The second-order valence-electron chi connectivity index (χ2n) is 6.76. The molecule has 0 radical (unpaired) electrons. The van der Waals surface area contributed by atoms with Crippen molar-refractivity contribution in [2.24, 2.45) is 0 Å². The molecule has 0 amide bonds. The Morgan fingerprint density at radius 2 is 2.12 bits per heavy atom. The summed E-state index contributed by atoms with van der Waals surface area (Å²) >= 11 is 6.23. The molecule has 0 fully saturated rings. The van der Waals surface area contributed by atoms with Crippen molar-refractivity contribution in [3.63, 3.8) is 0 Å². The Balaban J connectivity index is 2.10. The Labute approximate surface area is 148 Å². The second kappa shape index (κ2) is 5.37. The molecule has 0 saturated heterocycles. The number of aryl methyl sites for hydroxylation is 2. The third-order valence-corrected chi connectivity index (χ3v) is 4.73. The van der Waals surface area contributed by atoms with Crippen molar-refractivity contribution in [3.8, 4) is 11.3 Å². The molecule has 6 nitrogen and oxygen atoms in total. The van der Waals surface area contributed by atoms with Crippen molar-refractivity contribution in [1.82, 2.24) is 19.5 Å². The first-order valence-electron chi connectivity index (χ1n) is 8.00. The van der Waals surface area contributed by atoms with Crippen molar-refractivity contribution >= 4 is 28.6 Å². The molecule has 3 aromatic rings. The van der Waals surface area contributed by atoms with Crippen molar-refractivity contribution < 1.29 is 9.50 Å². The van der Waals surface area contributed by atoms with Gasteiger partial charge in [0.15, 0.2) is 5.82 Å². The SMILES string of the molecule is CC(C)(O)c1nc2c(F)cc(-c3nc(N)ncc3Cl)c3c2n1CCC3. The van der Waals surface area contributed by atoms with Crippen molar-refractivity contribution in [1.29, 1.82) is 0 Å². The molecule has 0 unspecified atom stereocenters. The molecule has 0 spiro atoms. The van der Waals surface area contributed by atoms with E-state index in [-0.39, 0.29) is 11.5 Å². The van der Waals surface area contributed by atoms with Crippen LogP contribution in [0.15, 0.2) is 12.3 Å². The minimum absolute atomic E-state index is 0.0774. The average Bonchev–Trinajstić information content (AvgIpc) is 2.95. The highest BCUT2D eigenvalue weighted by Crippen LogP contribution is 2.39. The van der Waals surface area contributed by atoms with Crippen LogP contribution >= 0.6 is 11.6 Å². The molecule has 2 aromatic heterocycles. The Morgan fingerprint density at radius 1 is 1.36 bits per heavy atom. The van der Waals surface area contributed by atoms with Gasteiger partial charge < -0.3 is 15.4 Å². The van der Waals surface area contributed by atoms with E-state index in [1.807, 2.05) is 4.57 Å². The highest BCUT2D eigenvalue weighted by molar-refractivity contribution is 6.33. The van der Waals surface area contributed by atoms with E-state index in [9.17, 15) is 9.50 Å². The highest BCUT2D eigenvalue weighted by atomic mass is 35.5. The topological polar surface area (TPSA) is 89.8 Å². The normalized spacial score (nSPS) is 14.3. The predicted molar refractivity (Wildman–Crippen MR) is 93.7 cm³/mol. The predicted octanol–water partition coefficient (Wildman–Crippen LogP) is 3.04. The van der Waals surface area contributed by atoms with Gasteiger partial charge in [0.1, 0.15) is 16.9 Å². The molecule has 8 heteroatoms. The van der Waals surface area contributed by atoms with Crippen molar-refractivity contribution in [2.45, 2.75) is 38.8 Å². The van der Waals surface area contributed by atoms with Gasteiger partial charge in [-0.3, -0.25) is 0 Å². The van der Waals surface area contributed by atoms with Crippen molar-refractivity contribution in [3.05, 3.63) is 34.5 Å². The number of hydrogen-bond acceptors (Lipinski definition) is 5. The molecule has 1 aliphatic rings. The maximum absolute atomic E-state index is 14.8. The first-order valence-corrected chi connectivity index (χ1v) is 8.38. The number of nitrogens with zero attached hydrogens (tertiary/aromatic N) is 4. The first kappa shape index (κ1) is 16.2. The lowest BCUT2D eigenvalue weighted by atomic mass is 9.95. The number of anilines is 1. The summed E-state index contributed by atoms with van der Waals surface area (Å²) in [5.41, 5.74) is 7.37. The maximum atomic E-state index is 14.8. The zero-order valence-corrected chi connectivity index (χ0v) is 14.6. The van der Waals surface area contributed by atoms with Crippen LogP contribution in [0.4, 0.5) is 10.3 Å². The number of nitrogens with two attached hydrogens (primary N) is 1. The molecule has 1 aliphatic heterocycles. The summed E-state index contributed by atoms with van der Waals surface area (Å²) in [6.45, 7) is 3.96. The van der Waals surface area contributed by atoms with Crippen LogP contribution in [0.1, 0.15) is 31.7 Å².